The second-order valence-corrected chi connectivity index (χ2v) is 10.7. The van der Waals surface area contributed by atoms with Crippen LogP contribution in [0.15, 0.2) is 61.2 Å². The number of aryl methyl sites for hydroxylation is 1. The van der Waals surface area contributed by atoms with E-state index in [1.807, 2.05) is 31.4 Å². The molecular formula is C30H37N3O4S. The number of anilines is 1. The fourth-order valence-corrected chi connectivity index (χ4v) is 4.31. The van der Waals surface area contributed by atoms with Crippen LogP contribution in [0.2, 0.25) is 0 Å². The van der Waals surface area contributed by atoms with Crippen molar-refractivity contribution in [2.45, 2.75) is 51.8 Å². The topological polar surface area (TPSA) is 87.7 Å². The molecule has 0 heterocycles. The molecular weight excluding hydrogens is 498 g/mol. The first kappa shape index (κ1) is 30.5. The third kappa shape index (κ3) is 8.70. The number of alkyl carbamates (subject to hydrolysis) is 1. The molecule has 0 aliphatic rings. The van der Waals surface area contributed by atoms with Crippen molar-refractivity contribution in [3.63, 3.8) is 0 Å². The van der Waals surface area contributed by atoms with Gasteiger partial charge in [-0.25, -0.2) is 4.79 Å². The van der Waals surface area contributed by atoms with Crippen LogP contribution in [0, 0.1) is 19.3 Å². The zero-order valence-corrected chi connectivity index (χ0v) is 23.6. The predicted molar refractivity (Wildman–Crippen MR) is 155 cm³/mol. The van der Waals surface area contributed by atoms with Crippen LogP contribution < -0.4 is 10.6 Å². The van der Waals surface area contributed by atoms with Gasteiger partial charge < -0.3 is 20.3 Å². The summed E-state index contributed by atoms with van der Waals surface area (Å²) in [4.78, 5) is 42.0. The molecule has 0 aliphatic heterocycles. The number of amides is 3. The second-order valence-electron chi connectivity index (χ2n) is 9.70. The van der Waals surface area contributed by atoms with Gasteiger partial charge in [0.25, 0.3) is 5.91 Å². The van der Waals surface area contributed by atoms with E-state index in [2.05, 4.69) is 23.1 Å². The summed E-state index contributed by atoms with van der Waals surface area (Å²) in [5.41, 5.74) is 1.74. The standard InChI is InChI=1S/C30H37N3O4S/c1-8-19-33(28(35)25(18-20-38-7)32-29(36)37-30(4,5)6)26(23-16-12-11-15-22(23)9-2)27(34)31-24-17-13-10-14-21(24)3/h2,8,10-17,25-26H,1,18-20H2,3-7H3,(H,31,34)(H,32,36). The first-order chi connectivity index (χ1) is 18.0. The summed E-state index contributed by atoms with van der Waals surface area (Å²) in [6.45, 7) is 11.0. The Morgan fingerprint density at radius 3 is 2.42 bits per heavy atom. The van der Waals surface area contributed by atoms with Crippen LogP contribution in [-0.2, 0) is 14.3 Å². The molecule has 2 unspecified atom stereocenters. The first-order valence-corrected chi connectivity index (χ1v) is 13.7. The van der Waals surface area contributed by atoms with Gasteiger partial charge in [0.2, 0.25) is 5.91 Å². The van der Waals surface area contributed by atoms with Gasteiger partial charge in [-0.15, -0.1) is 13.0 Å². The van der Waals surface area contributed by atoms with Gasteiger partial charge in [0, 0.05) is 17.8 Å². The molecule has 2 aromatic rings. The number of nitrogens with zero attached hydrogens (tertiary/aromatic N) is 1. The molecule has 0 aromatic heterocycles. The van der Waals surface area contributed by atoms with Crippen LogP contribution in [-0.4, -0.2) is 53.0 Å². The highest BCUT2D eigenvalue weighted by molar-refractivity contribution is 7.98. The Hall–Kier alpha value is -3.70. The zero-order chi connectivity index (χ0) is 28.3. The van der Waals surface area contributed by atoms with Crippen LogP contribution in [0.3, 0.4) is 0 Å². The van der Waals surface area contributed by atoms with E-state index in [-0.39, 0.29) is 6.54 Å². The molecule has 0 saturated heterocycles. The molecule has 0 aliphatic carbocycles. The average Bonchev–Trinajstić information content (AvgIpc) is 2.86. The highest BCUT2D eigenvalue weighted by Crippen LogP contribution is 2.28. The molecule has 3 amide bonds. The Bertz CT molecular complexity index is 1180. The Kier molecular flexibility index (Phi) is 11.5. The molecule has 7 nitrogen and oxygen atoms in total. The highest BCUT2D eigenvalue weighted by Gasteiger charge is 2.36. The number of carbonyl (C=O) groups excluding carboxylic acids is 3. The van der Waals surface area contributed by atoms with E-state index in [4.69, 9.17) is 11.2 Å². The number of terminal acetylenes is 1. The van der Waals surface area contributed by atoms with Gasteiger partial charge in [-0.2, -0.15) is 11.8 Å². The van der Waals surface area contributed by atoms with E-state index in [0.29, 0.717) is 29.0 Å². The van der Waals surface area contributed by atoms with Crippen molar-refractivity contribution >= 4 is 35.4 Å². The van der Waals surface area contributed by atoms with Crippen molar-refractivity contribution in [1.82, 2.24) is 10.2 Å². The highest BCUT2D eigenvalue weighted by atomic mass is 32.2. The molecule has 8 heteroatoms. The van der Waals surface area contributed by atoms with Crippen LogP contribution in [0.5, 0.6) is 0 Å². The summed E-state index contributed by atoms with van der Waals surface area (Å²) in [5.74, 6) is 2.36. The number of para-hydroxylation sites is 1. The van der Waals surface area contributed by atoms with E-state index >= 15 is 0 Å². The van der Waals surface area contributed by atoms with E-state index in [9.17, 15) is 14.4 Å². The summed E-state index contributed by atoms with van der Waals surface area (Å²) < 4.78 is 5.41. The molecule has 0 radical (unpaired) electrons. The minimum Gasteiger partial charge on any atom is -0.444 e. The Balaban J connectivity index is 2.56. The van der Waals surface area contributed by atoms with Crippen molar-refractivity contribution in [1.29, 1.82) is 0 Å². The summed E-state index contributed by atoms with van der Waals surface area (Å²) in [6, 6.07) is 12.4. The molecule has 0 spiro atoms. The molecule has 38 heavy (non-hydrogen) atoms. The minimum absolute atomic E-state index is 0.0510. The number of nitrogens with one attached hydrogen (secondary N) is 2. The molecule has 2 N–H and O–H groups in total. The predicted octanol–water partition coefficient (Wildman–Crippen LogP) is 5.32. The quantitative estimate of drug-likeness (QED) is 0.301. The number of rotatable bonds is 11. The average molecular weight is 536 g/mol. The maximum absolute atomic E-state index is 14.0. The lowest BCUT2D eigenvalue weighted by Crippen LogP contribution is -2.52. The van der Waals surface area contributed by atoms with Crippen molar-refractivity contribution in [2.24, 2.45) is 0 Å². The summed E-state index contributed by atoms with van der Waals surface area (Å²) in [6.07, 6.45) is 8.88. The molecule has 0 bridgehead atoms. The molecule has 202 valence electrons. The lowest BCUT2D eigenvalue weighted by atomic mass is 9.97. The number of hydrogen-bond acceptors (Lipinski definition) is 5. The Labute approximate surface area is 230 Å². The number of ether oxygens (including phenoxy) is 1. The monoisotopic (exact) mass is 535 g/mol. The van der Waals surface area contributed by atoms with Gasteiger partial charge in [0.15, 0.2) is 0 Å². The molecule has 0 saturated carbocycles. The lowest BCUT2D eigenvalue weighted by molar-refractivity contribution is -0.140. The van der Waals surface area contributed by atoms with Gasteiger partial charge >= 0.3 is 6.09 Å². The minimum atomic E-state index is -1.08. The van der Waals surface area contributed by atoms with Crippen molar-refractivity contribution in [3.8, 4) is 12.3 Å². The van der Waals surface area contributed by atoms with Crippen LogP contribution >= 0.6 is 11.8 Å². The maximum atomic E-state index is 14.0. The van der Waals surface area contributed by atoms with Crippen LogP contribution in [0.25, 0.3) is 0 Å². The van der Waals surface area contributed by atoms with Crippen molar-refractivity contribution < 1.29 is 19.1 Å². The Morgan fingerprint density at radius 1 is 1.16 bits per heavy atom. The molecule has 0 fully saturated rings. The fraction of sp³-hybridized carbons (Fsp3) is 0.367. The largest absolute Gasteiger partial charge is 0.444 e. The van der Waals surface area contributed by atoms with Gasteiger partial charge in [0.05, 0.1) is 0 Å². The SMILES string of the molecule is C#Cc1ccccc1C(C(=O)Nc1ccccc1C)N(CC=C)C(=O)C(CCSC)NC(=O)OC(C)(C)C. The van der Waals surface area contributed by atoms with E-state index in [0.717, 1.165) is 5.56 Å². The number of carbonyl (C=O) groups is 3. The van der Waals surface area contributed by atoms with Gasteiger partial charge in [-0.1, -0.05) is 48.4 Å². The number of hydrogen-bond donors (Lipinski definition) is 2. The van der Waals surface area contributed by atoms with Gasteiger partial charge in [0.1, 0.15) is 17.7 Å². The van der Waals surface area contributed by atoms with Crippen molar-refractivity contribution in [2.75, 3.05) is 23.9 Å². The molecule has 2 atom stereocenters. The smallest absolute Gasteiger partial charge is 0.408 e. The summed E-state index contributed by atoms with van der Waals surface area (Å²) >= 11 is 1.54. The van der Waals surface area contributed by atoms with E-state index in [1.54, 1.807) is 68.9 Å². The second kappa shape index (κ2) is 14.3. The Morgan fingerprint density at radius 2 is 1.82 bits per heavy atom. The normalized spacial score (nSPS) is 12.4. The molecule has 2 aromatic carbocycles. The van der Waals surface area contributed by atoms with Gasteiger partial charge in [-0.3, -0.25) is 9.59 Å². The zero-order valence-electron chi connectivity index (χ0n) is 22.7. The number of thioether (sulfide) groups is 1. The van der Waals surface area contributed by atoms with Crippen LogP contribution in [0.1, 0.15) is 49.9 Å². The maximum Gasteiger partial charge on any atom is 0.408 e. The van der Waals surface area contributed by atoms with E-state index < -0.39 is 35.6 Å². The van der Waals surface area contributed by atoms with Gasteiger partial charge in [-0.05, 0) is 69.4 Å². The third-order valence-corrected chi connectivity index (χ3v) is 6.23. The lowest BCUT2D eigenvalue weighted by Gasteiger charge is -2.34. The first-order valence-electron chi connectivity index (χ1n) is 12.3. The number of benzene rings is 2. The summed E-state index contributed by atoms with van der Waals surface area (Å²) in [7, 11) is 0. The summed E-state index contributed by atoms with van der Waals surface area (Å²) in [5, 5.41) is 5.66. The fourth-order valence-electron chi connectivity index (χ4n) is 3.84. The van der Waals surface area contributed by atoms with E-state index in [1.165, 1.54) is 4.90 Å². The third-order valence-electron chi connectivity index (χ3n) is 5.58. The van der Waals surface area contributed by atoms with Crippen LogP contribution in [0.4, 0.5) is 10.5 Å². The molecule has 2 rings (SSSR count). The van der Waals surface area contributed by atoms with Crippen molar-refractivity contribution in [3.05, 3.63) is 77.9 Å².